The molecule has 3 rings (SSSR count). The monoisotopic (exact) mass is 443 g/mol. The highest BCUT2D eigenvalue weighted by molar-refractivity contribution is 8.23. The Bertz CT molecular complexity index is 893. The van der Waals surface area contributed by atoms with Gasteiger partial charge in [-0.1, -0.05) is 24.0 Å². The normalized spacial score (nSPS) is 26.0. The Balaban J connectivity index is 1.70. The number of hydrogen-bond acceptors (Lipinski definition) is 7. The number of sulfonamides is 1. The number of morpholine rings is 1. The molecule has 1 aromatic rings. The van der Waals surface area contributed by atoms with E-state index < -0.39 is 15.3 Å². The number of carbonyl (C=O) groups is 2. The van der Waals surface area contributed by atoms with E-state index >= 15 is 0 Å². The van der Waals surface area contributed by atoms with Crippen LogP contribution in [0.2, 0.25) is 0 Å². The second kappa shape index (κ2) is 8.07. The Morgan fingerprint density at radius 1 is 1.18 bits per heavy atom. The fourth-order valence-corrected chi connectivity index (χ4v) is 5.26. The number of carbonyl (C=O) groups excluding carboxylic acids is 2. The first-order valence-electron chi connectivity index (χ1n) is 8.67. The van der Waals surface area contributed by atoms with E-state index in [-0.39, 0.29) is 35.3 Å². The molecule has 2 heterocycles. The summed E-state index contributed by atoms with van der Waals surface area (Å²) in [6.07, 6.45) is 0.116. The van der Waals surface area contributed by atoms with Gasteiger partial charge in [0, 0.05) is 19.5 Å². The third kappa shape index (κ3) is 4.54. The van der Waals surface area contributed by atoms with Crippen LogP contribution in [0.5, 0.6) is 0 Å². The zero-order valence-electron chi connectivity index (χ0n) is 15.4. The van der Waals surface area contributed by atoms with Crippen molar-refractivity contribution in [1.29, 1.82) is 0 Å². The van der Waals surface area contributed by atoms with E-state index in [0.717, 1.165) is 4.90 Å². The fraction of sp³-hybridized carbons (Fsp3) is 0.471. The van der Waals surface area contributed by atoms with Crippen molar-refractivity contribution in [3.05, 3.63) is 24.3 Å². The summed E-state index contributed by atoms with van der Waals surface area (Å²) >= 11 is 6.70. The van der Waals surface area contributed by atoms with E-state index in [2.05, 4.69) is 0 Å². The van der Waals surface area contributed by atoms with Gasteiger partial charge in [-0.15, -0.1) is 0 Å². The van der Waals surface area contributed by atoms with E-state index in [1.807, 2.05) is 18.7 Å². The van der Waals surface area contributed by atoms with Crippen LogP contribution < -0.4 is 10.0 Å². The summed E-state index contributed by atoms with van der Waals surface area (Å²) in [5, 5.41) is 4.47. The van der Waals surface area contributed by atoms with Crippen molar-refractivity contribution in [3.63, 3.8) is 0 Å². The Labute approximate surface area is 173 Å². The predicted molar refractivity (Wildman–Crippen MR) is 110 cm³/mol. The van der Waals surface area contributed by atoms with Gasteiger partial charge in [-0.25, -0.2) is 18.5 Å². The molecule has 0 aliphatic carbocycles. The highest BCUT2D eigenvalue weighted by Crippen LogP contribution is 2.32. The number of thiocarbonyl (C=S) groups is 1. The standard InChI is InChI=1S/C17H21N3O5S3/c1-10-8-19(9-11(2)25-10)17(26)27-14-7-15(21)20(16(14)22)12-3-5-13(6-4-12)28(18,23)24/h3-6,10-11,14H,7-9H2,1-2H3,(H2,18,23,24)/t10-,11-,14+/m1/s1. The summed E-state index contributed by atoms with van der Waals surface area (Å²) in [5.41, 5.74) is 0.310. The zero-order chi connectivity index (χ0) is 20.6. The zero-order valence-corrected chi connectivity index (χ0v) is 17.9. The van der Waals surface area contributed by atoms with Crippen LogP contribution in [0.3, 0.4) is 0 Å². The van der Waals surface area contributed by atoms with E-state index in [9.17, 15) is 18.0 Å². The van der Waals surface area contributed by atoms with Crippen LogP contribution in [-0.4, -0.2) is 60.0 Å². The van der Waals surface area contributed by atoms with Crippen molar-refractivity contribution in [2.75, 3.05) is 18.0 Å². The lowest BCUT2D eigenvalue weighted by Gasteiger charge is -2.36. The lowest BCUT2D eigenvalue weighted by Crippen LogP contribution is -2.47. The van der Waals surface area contributed by atoms with Crippen molar-refractivity contribution < 1.29 is 22.7 Å². The van der Waals surface area contributed by atoms with Crippen LogP contribution in [0.15, 0.2) is 29.2 Å². The third-order valence-electron chi connectivity index (χ3n) is 4.45. The summed E-state index contributed by atoms with van der Waals surface area (Å²) in [4.78, 5) is 28.2. The van der Waals surface area contributed by atoms with Crippen molar-refractivity contribution in [1.82, 2.24) is 4.90 Å². The number of imide groups is 1. The van der Waals surface area contributed by atoms with Gasteiger partial charge in [0.25, 0.3) is 0 Å². The van der Waals surface area contributed by atoms with Gasteiger partial charge in [-0.05, 0) is 38.1 Å². The highest BCUT2D eigenvalue weighted by atomic mass is 32.2. The van der Waals surface area contributed by atoms with Crippen LogP contribution in [0.25, 0.3) is 0 Å². The molecule has 2 aliphatic heterocycles. The molecule has 0 unspecified atom stereocenters. The average molecular weight is 444 g/mol. The number of anilines is 1. The van der Waals surface area contributed by atoms with Crippen LogP contribution in [0.1, 0.15) is 20.3 Å². The molecular weight excluding hydrogens is 422 g/mol. The molecule has 0 radical (unpaired) electrons. The fourth-order valence-electron chi connectivity index (χ4n) is 3.28. The van der Waals surface area contributed by atoms with Crippen LogP contribution >= 0.6 is 24.0 Å². The molecule has 0 spiro atoms. The minimum Gasteiger partial charge on any atom is -0.372 e. The number of rotatable bonds is 3. The molecule has 0 saturated carbocycles. The predicted octanol–water partition coefficient (Wildman–Crippen LogP) is 1.09. The minimum absolute atomic E-state index is 0.0377. The summed E-state index contributed by atoms with van der Waals surface area (Å²) in [6, 6.07) is 5.33. The topological polar surface area (TPSA) is 110 Å². The van der Waals surface area contributed by atoms with Crippen LogP contribution in [-0.2, 0) is 24.3 Å². The Morgan fingerprint density at radius 2 is 1.75 bits per heavy atom. The van der Waals surface area contributed by atoms with Crippen LogP contribution in [0, 0.1) is 0 Å². The van der Waals surface area contributed by atoms with Gasteiger partial charge in [0.05, 0.1) is 22.8 Å². The number of amides is 2. The van der Waals surface area contributed by atoms with E-state index in [1.165, 1.54) is 36.0 Å². The molecule has 0 aromatic heterocycles. The molecule has 152 valence electrons. The first-order valence-corrected chi connectivity index (χ1v) is 11.5. The minimum atomic E-state index is -3.84. The average Bonchev–Trinajstić information content (AvgIpc) is 2.87. The summed E-state index contributed by atoms with van der Waals surface area (Å²) in [6.45, 7) is 5.22. The Morgan fingerprint density at radius 3 is 2.29 bits per heavy atom. The number of hydrogen-bond donors (Lipinski definition) is 1. The van der Waals surface area contributed by atoms with Gasteiger partial charge in [-0.2, -0.15) is 0 Å². The second-order valence-electron chi connectivity index (χ2n) is 6.85. The summed E-state index contributed by atoms with van der Waals surface area (Å²) in [7, 11) is -3.84. The first kappa shape index (κ1) is 21.2. The maximum atomic E-state index is 12.8. The molecule has 2 fully saturated rings. The lowest BCUT2D eigenvalue weighted by atomic mass is 10.2. The van der Waals surface area contributed by atoms with Gasteiger partial charge in [0.1, 0.15) is 9.57 Å². The molecular formula is C17H21N3O5S3. The highest BCUT2D eigenvalue weighted by Gasteiger charge is 2.41. The largest absolute Gasteiger partial charge is 0.372 e. The number of benzene rings is 1. The number of thioether (sulfide) groups is 1. The van der Waals surface area contributed by atoms with Crippen molar-refractivity contribution in [2.45, 2.75) is 42.6 Å². The van der Waals surface area contributed by atoms with E-state index in [4.69, 9.17) is 22.1 Å². The lowest BCUT2D eigenvalue weighted by molar-refractivity contribution is -0.121. The molecule has 3 atom stereocenters. The molecule has 2 aliphatic rings. The SMILES string of the molecule is C[C@@H]1CN(C(=S)S[C@H]2CC(=O)N(c3ccc(S(N)(=O)=O)cc3)C2=O)C[C@@H](C)O1. The van der Waals surface area contributed by atoms with Crippen LogP contribution in [0.4, 0.5) is 5.69 Å². The van der Waals surface area contributed by atoms with E-state index in [0.29, 0.717) is 23.1 Å². The molecule has 2 N–H and O–H groups in total. The molecule has 8 nitrogen and oxygen atoms in total. The Kier molecular flexibility index (Phi) is 6.11. The van der Waals surface area contributed by atoms with Crippen molar-refractivity contribution in [3.8, 4) is 0 Å². The second-order valence-corrected chi connectivity index (χ2v) is 10.2. The molecule has 2 saturated heterocycles. The first-order chi connectivity index (χ1) is 13.1. The maximum Gasteiger partial charge on any atom is 0.247 e. The van der Waals surface area contributed by atoms with Crippen molar-refractivity contribution >= 4 is 55.8 Å². The number of primary sulfonamides is 1. The smallest absolute Gasteiger partial charge is 0.247 e. The molecule has 28 heavy (non-hydrogen) atoms. The summed E-state index contributed by atoms with van der Waals surface area (Å²) in [5.74, 6) is -0.715. The number of nitrogens with zero attached hydrogens (tertiary/aromatic N) is 2. The van der Waals surface area contributed by atoms with E-state index in [1.54, 1.807) is 0 Å². The summed E-state index contributed by atoms with van der Waals surface area (Å²) < 4.78 is 29.0. The molecule has 0 bridgehead atoms. The Hall–Kier alpha value is -1.53. The molecule has 11 heteroatoms. The maximum absolute atomic E-state index is 12.8. The third-order valence-corrected chi connectivity index (χ3v) is 7.04. The van der Waals surface area contributed by atoms with Gasteiger partial charge in [-0.3, -0.25) is 9.59 Å². The van der Waals surface area contributed by atoms with Gasteiger partial charge in [0.2, 0.25) is 21.8 Å². The van der Waals surface area contributed by atoms with Gasteiger partial charge < -0.3 is 9.64 Å². The quantitative estimate of drug-likeness (QED) is 0.546. The molecule has 1 aromatic carbocycles. The van der Waals surface area contributed by atoms with Gasteiger partial charge in [0.15, 0.2) is 0 Å². The number of ether oxygens (including phenoxy) is 1. The molecule has 2 amide bonds. The van der Waals surface area contributed by atoms with Crippen molar-refractivity contribution in [2.24, 2.45) is 5.14 Å². The van der Waals surface area contributed by atoms with Gasteiger partial charge >= 0.3 is 0 Å². The number of nitrogens with two attached hydrogens (primary N) is 1.